The van der Waals surface area contributed by atoms with Crippen molar-refractivity contribution in [3.63, 3.8) is 0 Å². The molecule has 5 heteroatoms. The first kappa shape index (κ1) is 14.8. The van der Waals surface area contributed by atoms with E-state index in [1.807, 2.05) is 12.1 Å². The van der Waals surface area contributed by atoms with E-state index in [9.17, 15) is 0 Å². The van der Waals surface area contributed by atoms with Gasteiger partial charge in [-0.15, -0.1) is 11.3 Å². The molecule has 1 unspecified atom stereocenters. The van der Waals surface area contributed by atoms with Gasteiger partial charge in [0.05, 0.1) is 10.7 Å². The average molecular weight is 315 g/mol. The van der Waals surface area contributed by atoms with Crippen molar-refractivity contribution in [2.75, 3.05) is 0 Å². The molecule has 0 amide bonds. The van der Waals surface area contributed by atoms with E-state index in [1.165, 1.54) is 0 Å². The number of halogens is 2. The molecule has 1 atom stereocenters. The smallest absolute Gasteiger partial charge is 0.0947 e. The maximum atomic E-state index is 6.20. The highest BCUT2D eigenvalue weighted by Gasteiger charge is 2.14. The van der Waals surface area contributed by atoms with Gasteiger partial charge in [-0.2, -0.15) is 0 Å². The number of hydrogen-bond acceptors (Lipinski definition) is 3. The molecule has 1 aromatic carbocycles. The lowest BCUT2D eigenvalue weighted by molar-refractivity contribution is 0.711. The topological polar surface area (TPSA) is 38.9 Å². The Morgan fingerprint density at radius 1 is 1.32 bits per heavy atom. The van der Waals surface area contributed by atoms with E-state index in [0.29, 0.717) is 22.4 Å². The van der Waals surface area contributed by atoms with Gasteiger partial charge in [0, 0.05) is 27.9 Å². The molecule has 0 aliphatic rings. The van der Waals surface area contributed by atoms with Crippen LogP contribution >= 0.6 is 34.5 Å². The van der Waals surface area contributed by atoms with E-state index in [2.05, 4.69) is 24.2 Å². The van der Waals surface area contributed by atoms with Crippen LogP contribution in [0.25, 0.3) is 0 Å². The molecule has 1 heterocycles. The summed E-state index contributed by atoms with van der Waals surface area (Å²) in [7, 11) is 0. The maximum absolute atomic E-state index is 6.20. The molecular formula is C14H16Cl2N2S. The molecule has 2 rings (SSSR count). The summed E-state index contributed by atoms with van der Waals surface area (Å²) in [6.45, 7) is 4.27. The molecule has 0 aliphatic heterocycles. The molecule has 2 aromatic rings. The largest absolute Gasteiger partial charge is 0.324 e. The Kier molecular flexibility index (Phi) is 4.85. The van der Waals surface area contributed by atoms with Gasteiger partial charge in [-0.05, 0) is 23.6 Å². The SMILES string of the molecule is CC(C)c1csc(CC(N)c2ccc(Cl)cc2Cl)n1. The minimum atomic E-state index is -0.157. The number of thiazole rings is 1. The van der Waals surface area contributed by atoms with Crippen molar-refractivity contribution in [3.8, 4) is 0 Å². The summed E-state index contributed by atoms with van der Waals surface area (Å²) in [6.07, 6.45) is 0.693. The fraction of sp³-hybridized carbons (Fsp3) is 0.357. The van der Waals surface area contributed by atoms with Crippen LogP contribution in [0.5, 0.6) is 0 Å². The first-order valence-electron chi connectivity index (χ1n) is 6.12. The zero-order valence-corrected chi connectivity index (χ0v) is 13.2. The second-order valence-corrected chi connectivity index (χ2v) is 6.58. The van der Waals surface area contributed by atoms with E-state index >= 15 is 0 Å². The molecule has 0 saturated carbocycles. The molecule has 102 valence electrons. The average Bonchev–Trinajstić information content (AvgIpc) is 2.77. The summed E-state index contributed by atoms with van der Waals surface area (Å²) >= 11 is 13.7. The summed E-state index contributed by atoms with van der Waals surface area (Å²) in [6, 6.07) is 5.26. The molecule has 0 radical (unpaired) electrons. The molecule has 2 N–H and O–H groups in total. The Morgan fingerprint density at radius 2 is 2.05 bits per heavy atom. The lowest BCUT2D eigenvalue weighted by Gasteiger charge is -2.12. The molecule has 0 fully saturated rings. The van der Waals surface area contributed by atoms with Crippen LogP contribution in [0.1, 0.15) is 42.1 Å². The lowest BCUT2D eigenvalue weighted by atomic mass is 10.1. The molecule has 0 aliphatic carbocycles. The van der Waals surface area contributed by atoms with Crippen molar-refractivity contribution >= 4 is 34.5 Å². The van der Waals surface area contributed by atoms with Crippen molar-refractivity contribution in [1.29, 1.82) is 0 Å². The standard InChI is InChI=1S/C14H16Cl2N2S/c1-8(2)13-7-19-14(18-13)6-12(17)10-4-3-9(15)5-11(10)16/h3-5,7-8,12H,6,17H2,1-2H3. The molecule has 0 spiro atoms. The highest BCUT2D eigenvalue weighted by molar-refractivity contribution is 7.09. The van der Waals surface area contributed by atoms with Gasteiger partial charge in [0.25, 0.3) is 0 Å². The third kappa shape index (κ3) is 3.69. The van der Waals surface area contributed by atoms with Crippen LogP contribution in [0.4, 0.5) is 0 Å². The second-order valence-electron chi connectivity index (χ2n) is 4.80. The number of nitrogens with zero attached hydrogens (tertiary/aromatic N) is 1. The van der Waals surface area contributed by atoms with E-state index in [-0.39, 0.29) is 6.04 Å². The number of benzene rings is 1. The number of nitrogens with two attached hydrogens (primary N) is 1. The number of aromatic nitrogens is 1. The third-order valence-corrected chi connectivity index (χ3v) is 4.37. The second kappa shape index (κ2) is 6.23. The summed E-state index contributed by atoms with van der Waals surface area (Å²) in [5, 5.41) is 4.37. The van der Waals surface area contributed by atoms with Crippen molar-refractivity contribution in [2.45, 2.75) is 32.2 Å². The minimum Gasteiger partial charge on any atom is -0.324 e. The summed E-state index contributed by atoms with van der Waals surface area (Å²) in [5.41, 5.74) is 8.23. The Labute approximate surface area is 127 Å². The van der Waals surface area contributed by atoms with Gasteiger partial charge in [-0.3, -0.25) is 0 Å². The molecule has 0 saturated heterocycles. The van der Waals surface area contributed by atoms with Crippen molar-refractivity contribution in [2.24, 2.45) is 5.73 Å². The maximum Gasteiger partial charge on any atom is 0.0947 e. The fourth-order valence-electron chi connectivity index (χ4n) is 1.78. The molecule has 2 nitrogen and oxygen atoms in total. The lowest BCUT2D eigenvalue weighted by Crippen LogP contribution is -2.13. The van der Waals surface area contributed by atoms with Gasteiger partial charge in [0.1, 0.15) is 0 Å². The first-order chi connectivity index (χ1) is 8.97. The molecule has 19 heavy (non-hydrogen) atoms. The number of rotatable bonds is 4. The predicted molar refractivity (Wildman–Crippen MR) is 83.3 cm³/mol. The van der Waals surface area contributed by atoms with Crippen LogP contribution in [0, 0.1) is 0 Å². The van der Waals surface area contributed by atoms with Gasteiger partial charge in [-0.1, -0.05) is 43.1 Å². The Bertz CT molecular complexity index is 566. The monoisotopic (exact) mass is 314 g/mol. The van der Waals surface area contributed by atoms with Crippen LogP contribution in [0.3, 0.4) is 0 Å². The van der Waals surface area contributed by atoms with Gasteiger partial charge < -0.3 is 5.73 Å². The van der Waals surface area contributed by atoms with Crippen LogP contribution in [-0.4, -0.2) is 4.98 Å². The molecular weight excluding hydrogens is 299 g/mol. The number of hydrogen-bond donors (Lipinski definition) is 1. The normalized spacial score (nSPS) is 12.9. The van der Waals surface area contributed by atoms with E-state index in [0.717, 1.165) is 16.3 Å². The highest BCUT2D eigenvalue weighted by Crippen LogP contribution is 2.28. The van der Waals surface area contributed by atoms with E-state index < -0.39 is 0 Å². The molecule has 0 bridgehead atoms. The van der Waals surface area contributed by atoms with Crippen LogP contribution in [-0.2, 0) is 6.42 Å². The summed E-state index contributed by atoms with van der Waals surface area (Å²) < 4.78 is 0. The fourth-order valence-corrected chi connectivity index (χ4v) is 3.35. The van der Waals surface area contributed by atoms with Gasteiger partial charge in [-0.25, -0.2) is 4.98 Å². The zero-order chi connectivity index (χ0) is 14.0. The Balaban J connectivity index is 2.13. The quantitative estimate of drug-likeness (QED) is 0.879. The Morgan fingerprint density at radius 3 is 2.63 bits per heavy atom. The van der Waals surface area contributed by atoms with Crippen LogP contribution < -0.4 is 5.73 Å². The first-order valence-corrected chi connectivity index (χ1v) is 7.75. The third-order valence-electron chi connectivity index (χ3n) is 2.92. The minimum absolute atomic E-state index is 0.157. The van der Waals surface area contributed by atoms with E-state index in [4.69, 9.17) is 28.9 Å². The van der Waals surface area contributed by atoms with Crippen LogP contribution in [0.15, 0.2) is 23.6 Å². The van der Waals surface area contributed by atoms with E-state index in [1.54, 1.807) is 17.4 Å². The highest BCUT2D eigenvalue weighted by atomic mass is 35.5. The molecule has 1 aromatic heterocycles. The summed E-state index contributed by atoms with van der Waals surface area (Å²) in [4.78, 5) is 4.59. The Hall–Kier alpha value is -0.610. The van der Waals surface area contributed by atoms with Crippen LogP contribution in [0.2, 0.25) is 10.0 Å². The predicted octanol–water partition coefficient (Wildman–Crippen LogP) is 4.82. The van der Waals surface area contributed by atoms with Crippen molar-refractivity contribution in [3.05, 3.63) is 49.9 Å². The van der Waals surface area contributed by atoms with Crippen molar-refractivity contribution < 1.29 is 0 Å². The van der Waals surface area contributed by atoms with Gasteiger partial charge in [0.2, 0.25) is 0 Å². The van der Waals surface area contributed by atoms with Crippen molar-refractivity contribution in [1.82, 2.24) is 4.98 Å². The zero-order valence-electron chi connectivity index (χ0n) is 10.9. The summed E-state index contributed by atoms with van der Waals surface area (Å²) in [5.74, 6) is 0.445. The van der Waals surface area contributed by atoms with Gasteiger partial charge in [0.15, 0.2) is 0 Å². The van der Waals surface area contributed by atoms with Gasteiger partial charge >= 0.3 is 0 Å².